The van der Waals surface area contributed by atoms with Crippen molar-refractivity contribution in [3.8, 4) is 0 Å². The summed E-state index contributed by atoms with van der Waals surface area (Å²) in [6.07, 6.45) is 1.64. The van der Waals surface area contributed by atoms with Gasteiger partial charge in [0.15, 0.2) is 0 Å². The second-order valence-electron chi connectivity index (χ2n) is 5.11. The molecule has 1 N–H and O–H groups in total. The number of halogens is 1. The van der Waals surface area contributed by atoms with Crippen molar-refractivity contribution in [2.24, 2.45) is 0 Å². The van der Waals surface area contributed by atoms with Crippen LogP contribution in [0.15, 0.2) is 46.7 Å². The van der Waals surface area contributed by atoms with Crippen LogP contribution in [0.3, 0.4) is 0 Å². The summed E-state index contributed by atoms with van der Waals surface area (Å²) in [4.78, 5) is 25.8. The van der Waals surface area contributed by atoms with E-state index in [0.29, 0.717) is 23.5 Å². The largest absolute Gasteiger partial charge is 0.348 e. The maximum atomic E-state index is 12.5. The van der Waals surface area contributed by atoms with Gasteiger partial charge in [-0.15, -0.1) is 11.3 Å². The SMILES string of the molecule is CCn1cc(C(=O)NCc2ccc(Cl)cc2)c(=O)c2ccsc21. The molecule has 2 heterocycles. The van der Waals surface area contributed by atoms with Crippen LogP contribution in [0, 0.1) is 0 Å². The van der Waals surface area contributed by atoms with E-state index in [9.17, 15) is 9.59 Å². The summed E-state index contributed by atoms with van der Waals surface area (Å²) in [6, 6.07) is 8.99. The first kappa shape index (κ1) is 15.8. The number of nitrogens with one attached hydrogen (secondary N) is 1. The lowest BCUT2D eigenvalue weighted by atomic mass is 10.2. The minimum atomic E-state index is -0.361. The molecule has 0 aliphatic carbocycles. The first-order valence-corrected chi connectivity index (χ1v) is 8.49. The van der Waals surface area contributed by atoms with Gasteiger partial charge in [-0.1, -0.05) is 23.7 Å². The number of nitrogens with zero attached hydrogens (tertiary/aromatic N) is 1. The number of hydrogen-bond acceptors (Lipinski definition) is 3. The Kier molecular flexibility index (Phi) is 4.50. The molecule has 23 heavy (non-hydrogen) atoms. The van der Waals surface area contributed by atoms with Crippen LogP contribution in [-0.4, -0.2) is 10.5 Å². The first-order valence-electron chi connectivity index (χ1n) is 7.23. The number of rotatable bonds is 4. The molecule has 3 rings (SSSR count). The van der Waals surface area contributed by atoms with E-state index in [0.717, 1.165) is 10.4 Å². The molecular formula is C17H15ClN2O2S. The van der Waals surface area contributed by atoms with E-state index in [2.05, 4.69) is 5.32 Å². The summed E-state index contributed by atoms with van der Waals surface area (Å²) < 4.78 is 1.93. The number of thiophene rings is 1. The van der Waals surface area contributed by atoms with Crippen molar-refractivity contribution in [1.82, 2.24) is 9.88 Å². The van der Waals surface area contributed by atoms with Crippen LogP contribution >= 0.6 is 22.9 Å². The lowest BCUT2D eigenvalue weighted by molar-refractivity contribution is 0.0949. The first-order chi connectivity index (χ1) is 11.1. The molecule has 1 amide bonds. The van der Waals surface area contributed by atoms with Gasteiger partial charge in [-0.05, 0) is 36.1 Å². The van der Waals surface area contributed by atoms with E-state index in [1.165, 1.54) is 11.3 Å². The molecule has 1 aromatic carbocycles. The minimum Gasteiger partial charge on any atom is -0.348 e. The summed E-state index contributed by atoms with van der Waals surface area (Å²) >= 11 is 7.34. The quantitative estimate of drug-likeness (QED) is 0.783. The van der Waals surface area contributed by atoms with Crippen molar-refractivity contribution < 1.29 is 4.79 Å². The number of aromatic nitrogens is 1. The fraction of sp³-hybridized carbons (Fsp3) is 0.176. The van der Waals surface area contributed by atoms with Crippen LogP contribution in [0.4, 0.5) is 0 Å². The molecule has 3 aromatic rings. The van der Waals surface area contributed by atoms with Gasteiger partial charge in [0.05, 0.1) is 5.39 Å². The van der Waals surface area contributed by atoms with Crippen molar-refractivity contribution in [2.45, 2.75) is 20.0 Å². The van der Waals surface area contributed by atoms with Crippen LogP contribution in [0.1, 0.15) is 22.8 Å². The molecule has 0 unspecified atom stereocenters. The molecule has 0 fully saturated rings. The number of pyridine rings is 1. The predicted octanol–water partition coefficient (Wildman–Crippen LogP) is 3.67. The summed E-state index contributed by atoms with van der Waals surface area (Å²) in [5.74, 6) is -0.361. The Balaban J connectivity index is 1.87. The van der Waals surface area contributed by atoms with E-state index in [-0.39, 0.29) is 16.9 Å². The van der Waals surface area contributed by atoms with Gasteiger partial charge in [0.2, 0.25) is 5.43 Å². The van der Waals surface area contributed by atoms with E-state index in [4.69, 9.17) is 11.6 Å². The third-order valence-corrected chi connectivity index (χ3v) is 4.83. The van der Waals surface area contributed by atoms with Gasteiger partial charge in [0.25, 0.3) is 5.91 Å². The van der Waals surface area contributed by atoms with E-state index >= 15 is 0 Å². The Labute approximate surface area is 142 Å². The summed E-state index contributed by atoms with van der Waals surface area (Å²) in [6.45, 7) is 3.04. The van der Waals surface area contributed by atoms with Crippen LogP contribution in [0.5, 0.6) is 0 Å². The highest BCUT2D eigenvalue weighted by Crippen LogP contribution is 2.18. The number of amides is 1. The van der Waals surface area contributed by atoms with Crippen molar-refractivity contribution in [1.29, 1.82) is 0 Å². The zero-order chi connectivity index (χ0) is 16.4. The molecule has 118 valence electrons. The van der Waals surface area contributed by atoms with Gasteiger partial charge in [0, 0.05) is 24.3 Å². The summed E-state index contributed by atoms with van der Waals surface area (Å²) in [7, 11) is 0. The number of benzene rings is 1. The molecule has 6 heteroatoms. The number of hydrogen-bond donors (Lipinski definition) is 1. The second-order valence-corrected chi connectivity index (χ2v) is 6.44. The van der Waals surface area contributed by atoms with Crippen LogP contribution in [0.2, 0.25) is 5.02 Å². The molecule has 2 aromatic heterocycles. The van der Waals surface area contributed by atoms with E-state index in [1.54, 1.807) is 24.4 Å². The lowest BCUT2D eigenvalue weighted by Gasteiger charge is -2.09. The second kappa shape index (κ2) is 6.56. The van der Waals surface area contributed by atoms with Crippen LogP contribution < -0.4 is 10.7 Å². The Morgan fingerprint density at radius 3 is 2.70 bits per heavy atom. The monoisotopic (exact) mass is 346 g/mol. The Morgan fingerprint density at radius 1 is 1.26 bits per heavy atom. The van der Waals surface area contributed by atoms with Crippen LogP contribution in [0.25, 0.3) is 10.2 Å². The van der Waals surface area contributed by atoms with Gasteiger partial charge >= 0.3 is 0 Å². The van der Waals surface area contributed by atoms with Gasteiger partial charge in [-0.3, -0.25) is 9.59 Å². The zero-order valence-electron chi connectivity index (χ0n) is 12.5. The Bertz CT molecular complexity index is 912. The highest BCUT2D eigenvalue weighted by Gasteiger charge is 2.15. The predicted molar refractivity (Wildman–Crippen MR) is 94.4 cm³/mol. The molecule has 0 saturated carbocycles. The van der Waals surface area contributed by atoms with E-state index in [1.807, 2.05) is 29.0 Å². The number of carbonyl (C=O) groups is 1. The van der Waals surface area contributed by atoms with Crippen molar-refractivity contribution in [3.63, 3.8) is 0 Å². The van der Waals surface area contributed by atoms with Crippen molar-refractivity contribution in [2.75, 3.05) is 0 Å². The van der Waals surface area contributed by atoms with Gasteiger partial charge in [-0.25, -0.2) is 0 Å². The van der Waals surface area contributed by atoms with E-state index < -0.39 is 0 Å². The maximum absolute atomic E-state index is 12.5. The van der Waals surface area contributed by atoms with Gasteiger partial charge < -0.3 is 9.88 Å². The fourth-order valence-corrected chi connectivity index (χ4v) is 3.46. The van der Waals surface area contributed by atoms with Crippen molar-refractivity contribution in [3.05, 3.63) is 68.3 Å². The van der Waals surface area contributed by atoms with Gasteiger partial charge in [-0.2, -0.15) is 0 Å². The molecule has 0 saturated heterocycles. The number of aryl methyl sites for hydroxylation is 1. The number of carbonyl (C=O) groups excluding carboxylic acids is 1. The lowest BCUT2D eigenvalue weighted by Crippen LogP contribution is -2.29. The zero-order valence-corrected chi connectivity index (χ0v) is 14.1. The Hall–Kier alpha value is -2.11. The molecule has 0 radical (unpaired) electrons. The smallest absolute Gasteiger partial charge is 0.257 e. The number of fused-ring (bicyclic) bond motifs is 1. The van der Waals surface area contributed by atoms with Crippen molar-refractivity contribution >= 4 is 39.1 Å². The van der Waals surface area contributed by atoms with Gasteiger partial charge in [0.1, 0.15) is 10.4 Å². The molecule has 0 bridgehead atoms. The average Bonchev–Trinajstić information content (AvgIpc) is 3.05. The normalized spacial score (nSPS) is 10.9. The molecule has 0 aliphatic rings. The molecular weight excluding hydrogens is 332 g/mol. The minimum absolute atomic E-state index is 0.173. The molecule has 0 aliphatic heterocycles. The molecule has 4 nitrogen and oxygen atoms in total. The highest BCUT2D eigenvalue weighted by atomic mass is 35.5. The highest BCUT2D eigenvalue weighted by molar-refractivity contribution is 7.16. The average molecular weight is 347 g/mol. The third kappa shape index (κ3) is 3.16. The fourth-order valence-electron chi connectivity index (χ4n) is 2.39. The third-order valence-electron chi connectivity index (χ3n) is 3.63. The maximum Gasteiger partial charge on any atom is 0.257 e. The summed E-state index contributed by atoms with van der Waals surface area (Å²) in [5, 5.41) is 5.90. The summed E-state index contributed by atoms with van der Waals surface area (Å²) in [5.41, 5.74) is 0.876. The standard InChI is InChI=1S/C17H15ClN2O2S/c1-2-20-10-14(15(21)13-7-8-23-17(13)20)16(22)19-9-11-3-5-12(18)6-4-11/h3-8,10H,2,9H2,1H3,(H,19,22). The Morgan fingerprint density at radius 2 is 2.00 bits per heavy atom. The van der Waals surface area contributed by atoms with Crippen LogP contribution in [-0.2, 0) is 13.1 Å². The molecule has 0 atom stereocenters. The molecule has 0 spiro atoms. The topological polar surface area (TPSA) is 51.1 Å².